The molecule has 1 atom stereocenters. The number of amides is 1. The van der Waals surface area contributed by atoms with E-state index in [9.17, 15) is 10.1 Å². The first-order valence-corrected chi connectivity index (χ1v) is 9.67. The number of nitriles is 1. The number of nitrogens with zero attached hydrogens (tertiary/aromatic N) is 3. The van der Waals surface area contributed by atoms with Gasteiger partial charge in [0.25, 0.3) is 5.91 Å². The highest BCUT2D eigenvalue weighted by molar-refractivity contribution is 6.29. The number of benzene rings is 1. The number of rotatable bonds is 7. The number of primary amides is 1. The Kier molecular flexibility index (Phi) is 6.69. The number of hydrogen-bond acceptors (Lipinski definition) is 8. The van der Waals surface area contributed by atoms with E-state index in [1.807, 2.05) is 0 Å². The Hall–Kier alpha value is -3.68. The molecule has 1 aromatic heterocycles. The maximum atomic E-state index is 11.6. The van der Waals surface area contributed by atoms with E-state index in [1.54, 1.807) is 29.1 Å². The highest BCUT2D eigenvalue weighted by Gasteiger charge is 2.23. The zero-order chi connectivity index (χ0) is 22.5. The van der Waals surface area contributed by atoms with Crippen molar-refractivity contribution in [2.24, 2.45) is 17.2 Å². The van der Waals surface area contributed by atoms with Crippen molar-refractivity contribution >= 4 is 23.2 Å². The van der Waals surface area contributed by atoms with Crippen LogP contribution in [0, 0.1) is 11.3 Å². The van der Waals surface area contributed by atoms with Crippen LogP contribution >= 0.6 is 11.6 Å². The molecule has 0 saturated carbocycles. The van der Waals surface area contributed by atoms with E-state index in [1.165, 1.54) is 13.2 Å². The lowest BCUT2D eigenvalue weighted by Crippen LogP contribution is -2.24. The van der Waals surface area contributed by atoms with Crippen molar-refractivity contribution in [1.29, 1.82) is 5.26 Å². The fourth-order valence-electron chi connectivity index (χ4n) is 3.25. The van der Waals surface area contributed by atoms with Gasteiger partial charge in [-0.3, -0.25) is 9.48 Å². The number of carbonyl (C=O) groups is 1. The molecule has 10 nitrogen and oxygen atoms in total. The van der Waals surface area contributed by atoms with Crippen LogP contribution in [0.25, 0.3) is 11.1 Å². The number of nitrogens with one attached hydrogen (secondary N) is 1. The fourth-order valence-corrected chi connectivity index (χ4v) is 3.36. The number of aromatic nitrogens is 2. The van der Waals surface area contributed by atoms with E-state index in [0.717, 1.165) is 6.42 Å². The normalized spacial score (nSPS) is 17.1. The summed E-state index contributed by atoms with van der Waals surface area (Å²) in [6, 6.07) is 7.44. The van der Waals surface area contributed by atoms with Crippen molar-refractivity contribution in [2.45, 2.75) is 12.5 Å². The zero-order valence-corrected chi connectivity index (χ0v) is 17.5. The summed E-state index contributed by atoms with van der Waals surface area (Å²) in [5.41, 5.74) is 18.4. The Morgan fingerprint density at radius 3 is 2.77 bits per heavy atom. The van der Waals surface area contributed by atoms with Crippen molar-refractivity contribution in [3.05, 3.63) is 52.7 Å². The molecule has 1 saturated heterocycles. The highest BCUT2D eigenvalue weighted by Crippen LogP contribution is 2.39. The third-order valence-electron chi connectivity index (χ3n) is 4.73. The molecular weight excluding hydrogens is 422 g/mol. The van der Waals surface area contributed by atoms with E-state index in [4.69, 9.17) is 38.3 Å². The van der Waals surface area contributed by atoms with Crippen LogP contribution < -0.4 is 27.3 Å². The molecule has 0 aliphatic carbocycles. The van der Waals surface area contributed by atoms with Gasteiger partial charge in [0.2, 0.25) is 0 Å². The van der Waals surface area contributed by atoms with Crippen LogP contribution in [0.5, 0.6) is 5.75 Å². The second-order valence-electron chi connectivity index (χ2n) is 6.73. The second kappa shape index (κ2) is 9.42. The third-order valence-corrected chi connectivity index (χ3v) is 4.84. The van der Waals surface area contributed by atoms with Gasteiger partial charge in [0.1, 0.15) is 22.7 Å². The molecule has 0 bridgehead atoms. The second-order valence-corrected chi connectivity index (χ2v) is 7.17. The summed E-state index contributed by atoms with van der Waals surface area (Å²) in [5.74, 6) is -0.448. The Balaban J connectivity index is 2.09. The molecular formula is C20H22ClN7O3. The summed E-state index contributed by atoms with van der Waals surface area (Å²) < 4.78 is 12.8. The van der Waals surface area contributed by atoms with Gasteiger partial charge >= 0.3 is 0 Å². The number of ether oxygens (including phenoxy) is 2. The number of para-hydroxylation sites is 1. The summed E-state index contributed by atoms with van der Waals surface area (Å²) in [7, 11) is 1.48. The van der Waals surface area contributed by atoms with E-state index in [-0.39, 0.29) is 28.3 Å². The number of anilines is 1. The zero-order valence-electron chi connectivity index (χ0n) is 16.8. The van der Waals surface area contributed by atoms with E-state index in [2.05, 4.69) is 16.5 Å². The van der Waals surface area contributed by atoms with Crippen molar-refractivity contribution in [1.82, 2.24) is 9.78 Å². The molecule has 162 valence electrons. The van der Waals surface area contributed by atoms with Crippen LogP contribution in [-0.4, -0.2) is 36.0 Å². The Morgan fingerprint density at radius 1 is 1.42 bits per heavy atom. The summed E-state index contributed by atoms with van der Waals surface area (Å²) in [5, 5.41) is 16.9. The van der Waals surface area contributed by atoms with Crippen LogP contribution in [0.15, 0.2) is 47.0 Å². The standard InChI is InChI=1S/C20H22ClN7O3/c1-30-19-12(13-9-28(27-16(13)8-22)11-5-6-31-10-11)3-2-4-14(19)26-15(7-17(21)23)18(24)20(25)29/h2-4,7,9,11,26H,5-6,10,23-24H2,1H3,(H2,25,29)/b17-7-,18-15+. The van der Waals surface area contributed by atoms with Crippen molar-refractivity contribution in [2.75, 3.05) is 25.6 Å². The molecule has 11 heteroatoms. The van der Waals surface area contributed by atoms with Crippen LogP contribution in [0.1, 0.15) is 18.2 Å². The molecule has 2 heterocycles. The lowest BCUT2D eigenvalue weighted by Gasteiger charge is -2.16. The molecule has 1 aliphatic rings. The minimum Gasteiger partial charge on any atom is -0.494 e. The molecule has 1 aromatic carbocycles. The third kappa shape index (κ3) is 4.74. The lowest BCUT2D eigenvalue weighted by atomic mass is 10.0. The first kappa shape index (κ1) is 22.0. The van der Waals surface area contributed by atoms with Gasteiger partial charge in [0.15, 0.2) is 5.69 Å². The molecule has 3 rings (SSSR count). The SMILES string of the molecule is COc1c(NC(/C=C(\N)Cl)=C(/N)C(N)=O)cccc1-c1cn(C2CCOC2)nc1C#N. The average Bonchev–Trinajstić information content (AvgIpc) is 3.41. The average molecular weight is 444 g/mol. The van der Waals surface area contributed by atoms with Crippen LogP contribution in [0.4, 0.5) is 5.69 Å². The van der Waals surface area contributed by atoms with Gasteiger partial charge in [-0.15, -0.1) is 0 Å². The molecule has 0 radical (unpaired) electrons. The Morgan fingerprint density at radius 2 is 2.19 bits per heavy atom. The van der Waals surface area contributed by atoms with Crippen molar-refractivity contribution in [3.8, 4) is 22.9 Å². The van der Waals surface area contributed by atoms with Gasteiger partial charge in [0, 0.05) is 23.9 Å². The first-order chi connectivity index (χ1) is 14.8. The summed E-state index contributed by atoms with van der Waals surface area (Å²) in [4.78, 5) is 11.6. The van der Waals surface area contributed by atoms with Crippen LogP contribution in [-0.2, 0) is 9.53 Å². The topological polar surface area (TPSA) is 167 Å². The number of hydrogen-bond donors (Lipinski definition) is 4. The number of methoxy groups -OCH3 is 1. The van der Waals surface area contributed by atoms with E-state index >= 15 is 0 Å². The fraction of sp³-hybridized carbons (Fsp3) is 0.250. The van der Waals surface area contributed by atoms with Gasteiger partial charge in [-0.2, -0.15) is 10.4 Å². The van der Waals surface area contributed by atoms with Crippen molar-refractivity contribution in [3.63, 3.8) is 0 Å². The maximum absolute atomic E-state index is 11.6. The predicted molar refractivity (Wildman–Crippen MR) is 116 cm³/mol. The summed E-state index contributed by atoms with van der Waals surface area (Å²) in [6.45, 7) is 1.19. The summed E-state index contributed by atoms with van der Waals surface area (Å²) >= 11 is 5.76. The number of allylic oxidation sites excluding steroid dienone is 1. The molecule has 0 spiro atoms. The minimum absolute atomic E-state index is 0.0647. The van der Waals surface area contributed by atoms with Crippen LogP contribution in [0.2, 0.25) is 0 Å². The van der Waals surface area contributed by atoms with E-state index in [0.29, 0.717) is 35.8 Å². The quantitative estimate of drug-likeness (QED) is 0.283. The van der Waals surface area contributed by atoms with Gasteiger partial charge < -0.3 is 32.0 Å². The molecule has 1 amide bonds. The van der Waals surface area contributed by atoms with Gasteiger partial charge in [-0.25, -0.2) is 0 Å². The van der Waals surface area contributed by atoms with Crippen molar-refractivity contribution < 1.29 is 14.3 Å². The predicted octanol–water partition coefficient (Wildman–Crippen LogP) is 1.50. The van der Waals surface area contributed by atoms with Crippen LogP contribution in [0.3, 0.4) is 0 Å². The summed E-state index contributed by atoms with van der Waals surface area (Å²) in [6.07, 6.45) is 3.88. The molecule has 7 N–H and O–H groups in total. The van der Waals surface area contributed by atoms with Gasteiger partial charge in [0.05, 0.1) is 31.1 Å². The first-order valence-electron chi connectivity index (χ1n) is 9.29. The molecule has 1 aliphatic heterocycles. The lowest BCUT2D eigenvalue weighted by molar-refractivity contribution is -0.114. The molecule has 1 unspecified atom stereocenters. The molecule has 1 fully saturated rings. The Bertz CT molecular complexity index is 1090. The largest absolute Gasteiger partial charge is 0.494 e. The maximum Gasteiger partial charge on any atom is 0.266 e. The number of carbonyl (C=O) groups excluding carboxylic acids is 1. The Labute approximate surface area is 183 Å². The van der Waals surface area contributed by atoms with Gasteiger partial charge in [-0.05, 0) is 18.6 Å². The highest BCUT2D eigenvalue weighted by atomic mass is 35.5. The van der Waals surface area contributed by atoms with Gasteiger partial charge in [-0.1, -0.05) is 23.7 Å². The monoisotopic (exact) mass is 443 g/mol. The number of halogens is 1. The number of nitrogens with two attached hydrogens (primary N) is 3. The molecule has 2 aromatic rings. The smallest absolute Gasteiger partial charge is 0.266 e. The molecule has 31 heavy (non-hydrogen) atoms. The minimum atomic E-state index is -0.849. The van der Waals surface area contributed by atoms with E-state index < -0.39 is 5.91 Å².